The van der Waals surface area contributed by atoms with Gasteiger partial charge in [-0.2, -0.15) is 10.1 Å². The maximum absolute atomic E-state index is 14.9. The van der Waals surface area contributed by atoms with Crippen LogP contribution >= 0.6 is 0 Å². The summed E-state index contributed by atoms with van der Waals surface area (Å²) in [5.74, 6) is -1.48. The Kier molecular flexibility index (Phi) is 5.78. The minimum atomic E-state index is -2.75. The van der Waals surface area contributed by atoms with Crippen LogP contribution in [0.1, 0.15) is 41.9 Å². The fourth-order valence-electron chi connectivity index (χ4n) is 4.44. The fraction of sp³-hybridized carbons (Fsp3) is 0.400. The lowest BCUT2D eigenvalue weighted by Crippen LogP contribution is -2.47. The number of aryl methyl sites for hydroxylation is 2. The largest absolute Gasteiger partial charge is 0.361 e. The average molecular weight is 513 g/mol. The fourth-order valence-corrected chi connectivity index (χ4v) is 4.44. The molecule has 37 heavy (non-hydrogen) atoms. The van der Waals surface area contributed by atoms with Gasteiger partial charge in [-0.1, -0.05) is 0 Å². The van der Waals surface area contributed by atoms with Crippen molar-refractivity contribution >= 4 is 17.1 Å². The van der Waals surface area contributed by atoms with Crippen molar-refractivity contribution in [1.29, 1.82) is 0 Å². The molecule has 4 heterocycles. The number of hydrogen-bond acceptors (Lipinski definition) is 7. The van der Waals surface area contributed by atoms with E-state index in [0.29, 0.717) is 23.0 Å². The second kappa shape index (κ2) is 9.02. The molecule has 2 aliphatic rings. The van der Waals surface area contributed by atoms with Crippen LogP contribution in [-0.4, -0.2) is 55.3 Å². The van der Waals surface area contributed by atoms with Gasteiger partial charge in [0.15, 0.2) is 5.65 Å². The first-order valence-electron chi connectivity index (χ1n) is 12.0. The smallest absolute Gasteiger partial charge is 0.266 e. The predicted molar refractivity (Wildman–Crippen MR) is 126 cm³/mol. The molecule has 1 saturated carbocycles. The molecule has 2 atom stereocenters. The Labute approximate surface area is 209 Å². The maximum atomic E-state index is 14.9. The number of anilines is 1. The van der Waals surface area contributed by atoms with Gasteiger partial charge in [0.1, 0.15) is 35.1 Å². The summed E-state index contributed by atoms with van der Waals surface area (Å²) in [4.78, 5) is 19.7. The molecule has 0 N–H and O–H groups in total. The number of aromatic nitrogens is 6. The molecule has 0 spiro atoms. The van der Waals surface area contributed by atoms with Gasteiger partial charge in [0.25, 0.3) is 6.43 Å². The van der Waals surface area contributed by atoms with Crippen molar-refractivity contribution in [2.75, 3.05) is 18.0 Å². The molecule has 4 aromatic rings. The third kappa shape index (κ3) is 4.50. The van der Waals surface area contributed by atoms with Crippen LogP contribution in [0.3, 0.4) is 0 Å². The number of halogens is 4. The van der Waals surface area contributed by atoms with Gasteiger partial charge in [-0.25, -0.2) is 32.5 Å². The zero-order valence-electron chi connectivity index (χ0n) is 20.1. The molecule has 1 aliphatic heterocycles. The lowest BCUT2D eigenvalue weighted by molar-refractivity contribution is -0.102. The van der Waals surface area contributed by atoms with Gasteiger partial charge in [-0.3, -0.25) is 4.68 Å². The molecule has 8 nitrogen and oxygen atoms in total. The van der Waals surface area contributed by atoms with Crippen LogP contribution in [0.25, 0.3) is 22.4 Å². The minimum absolute atomic E-state index is 0.00790. The number of alkyl halides is 2. The summed E-state index contributed by atoms with van der Waals surface area (Å²) in [5, 5.41) is 4.36. The highest BCUT2D eigenvalue weighted by atomic mass is 19.3. The third-order valence-electron chi connectivity index (χ3n) is 6.72. The van der Waals surface area contributed by atoms with E-state index in [0.717, 1.165) is 25.0 Å². The van der Waals surface area contributed by atoms with E-state index in [-0.39, 0.29) is 41.5 Å². The predicted octanol–water partition coefficient (Wildman–Crippen LogP) is 4.72. The van der Waals surface area contributed by atoms with Crippen LogP contribution in [0.2, 0.25) is 0 Å². The molecular formula is C25H23F4N7O. The number of ether oxygens (including phenoxy) is 1. The second-order valence-corrected chi connectivity index (χ2v) is 9.45. The monoisotopic (exact) mass is 513 g/mol. The Bertz CT molecular complexity index is 1490. The Morgan fingerprint density at radius 3 is 2.51 bits per heavy atom. The van der Waals surface area contributed by atoms with Crippen molar-refractivity contribution in [3.63, 3.8) is 0 Å². The Morgan fingerprint density at radius 2 is 1.78 bits per heavy atom. The van der Waals surface area contributed by atoms with Crippen molar-refractivity contribution in [2.24, 2.45) is 0 Å². The highest BCUT2D eigenvalue weighted by Crippen LogP contribution is 2.37. The van der Waals surface area contributed by atoms with Gasteiger partial charge in [-0.05, 0) is 38.8 Å². The molecular weight excluding hydrogens is 490 g/mol. The van der Waals surface area contributed by atoms with E-state index >= 15 is 0 Å². The van der Waals surface area contributed by atoms with Gasteiger partial charge < -0.3 is 9.64 Å². The Balaban J connectivity index is 1.45. The molecule has 1 saturated heterocycles. The lowest BCUT2D eigenvalue weighted by atomic mass is 10.1. The number of fused-ring (bicyclic) bond motifs is 1. The molecule has 0 radical (unpaired) electrons. The van der Waals surface area contributed by atoms with Crippen LogP contribution in [0.15, 0.2) is 30.6 Å². The zero-order valence-corrected chi connectivity index (χ0v) is 20.1. The third-order valence-corrected chi connectivity index (χ3v) is 6.72. The van der Waals surface area contributed by atoms with Gasteiger partial charge in [0, 0.05) is 23.4 Å². The molecule has 6 rings (SSSR count). The average Bonchev–Trinajstić information content (AvgIpc) is 3.60. The van der Waals surface area contributed by atoms with E-state index in [2.05, 4.69) is 25.0 Å². The van der Waals surface area contributed by atoms with E-state index in [1.165, 1.54) is 6.07 Å². The molecule has 12 heteroatoms. The van der Waals surface area contributed by atoms with Crippen molar-refractivity contribution in [1.82, 2.24) is 29.7 Å². The quantitative estimate of drug-likeness (QED) is 0.357. The summed E-state index contributed by atoms with van der Waals surface area (Å²) < 4.78 is 63.9. The van der Waals surface area contributed by atoms with Gasteiger partial charge in [0.05, 0.1) is 36.7 Å². The summed E-state index contributed by atoms with van der Waals surface area (Å²) in [6.45, 7) is 3.51. The second-order valence-electron chi connectivity index (χ2n) is 9.45. The van der Waals surface area contributed by atoms with Crippen LogP contribution in [0.5, 0.6) is 0 Å². The SMILES string of the molecule is Cc1nc2nc(N3C[C@@H](c4cnn(C5CC5)c4)O[C@@H](C(F)F)C3)nc(-c3ccc(F)cc3F)c2nc1C. The van der Waals surface area contributed by atoms with E-state index in [1.807, 2.05) is 10.9 Å². The van der Waals surface area contributed by atoms with Crippen LogP contribution < -0.4 is 4.90 Å². The topological polar surface area (TPSA) is 81.9 Å². The number of hydrogen-bond donors (Lipinski definition) is 0. The molecule has 1 aliphatic carbocycles. The zero-order chi connectivity index (χ0) is 25.8. The number of nitrogens with zero attached hydrogens (tertiary/aromatic N) is 7. The molecule has 2 fully saturated rings. The van der Waals surface area contributed by atoms with Crippen LogP contribution in [0.4, 0.5) is 23.5 Å². The highest BCUT2D eigenvalue weighted by Gasteiger charge is 2.37. The highest BCUT2D eigenvalue weighted by molar-refractivity contribution is 5.88. The van der Waals surface area contributed by atoms with Crippen LogP contribution in [0, 0.1) is 25.5 Å². The van der Waals surface area contributed by atoms with Gasteiger partial charge in [0.2, 0.25) is 5.95 Å². The van der Waals surface area contributed by atoms with E-state index in [1.54, 1.807) is 24.9 Å². The Morgan fingerprint density at radius 1 is 1.00 bits per heavy atom. The number of benzene rings is 1. The maximum Gasteiger partial charge on any atom is 0.266 e. The first-order valence-corrected chi connectivity index (χ1v) is 12.0. The van der Waals surface area contributed by atoms with Crippen molar-refractivity contribution in [3.05, 3.63) is 59.2 Å². The molecule has 1 aromatic carbocycles. The summed E-state index contributed by atoms with van der Waals surface area (Å²) in [7, 11) is 0. The van der Waals surface area contributed by atoms with Crippen LogP contribution in [-0.2, 0) is 4.74 Å². The molecule has 0 unspecified atom stereocenters. The van der Waals surface area contributed by atoms with E-state index in [9.17, 15) is 17.6 Å². The van der Waals surface area contributed by atoms with E-state index in [4.69, 9.17) is 4.74 Å². The number of morpholine rings is 1. The first-order chi connectivity index (χ1) is 17.8. The summed E-state index contributed by atoms with van der Waals surface area (Å²) >= 11 is 0. The molecule has 0 bridgehead atoms. The first kappa shape index (κ1) is 23.7. The van der Waals surface area contributed by atoms with Gasteiger partial charge >= 0.3 is 0 Å². The minimum Gasteiger partial charge on any atom is -0.361 e. The van der Waals surface area contributed by atoms with Gasteiger partial charge in [-0.15, -0.1) is 0 Å². The molecule has 3 aromatic heterocycles. The lowest BCUT2D eigenvalue weighted by Gasteiger charge is -2.37. The van der Waals surface area contributed by atoms with Crippen molar-refractivity contribution < 1.29 is 22.3 Å². The Hall–Kier alpha value is -3.67. The standard InChI is InChI=1S/C25H23F4N7O/c1-12-13(2)32-24-22(31-12)21(17-6-3-15(26)7-18(17)27)33-25(34-24)35-10-19(37-20(11-35)23(28)29)14-8-30-36(9-14)16-4-5-16/h3,6-9,16,19-20,23H,4-5,10-11H2,1-2H3/t19-,20+/m0/s1. The van der Waals surface area contributed by atoms with Crippen molar-refractivity contribution in [2.45, 2.75) is 51.4 Å². The summed E-state index contributed by atoms with van der Waals surface area (Å²) in [5.41, 5.74) is 2.42. The van der Waals surface area contributed by atoms with E-state index < -0.39 is 30.3 Å². The molecule has 0 amide bonds. The normalized spacial score (nSPS) is 20.2. The summed E-state index contributed by atoms with van der Waals surface area (Å²) in [6.07, 6.45) is 0.677. The molecule has 192 valence electrons. The van der Waals surface area contributed by atoms with Crippen molar-refractivity contribution in [3.8, 4) is 11.3 Å². The number of rotatable bonds is 5. The summed E-state index contributed by atoms with van der Waals surface area (Å²) in [6, 6.07) is 3.48.